The molecule has 0 heterocycles. The molecule has 0 aromatic heterocycles. The van der Waals surface area contributed by atoms with E-state index in [9.17, 15) is 5.11 Å². The molecule has 0 aliphatic rings. The summed E-state index contributed by atoms with van der Waals surface area (Å²) < 4.78 is 0. The zero-order valence-corrected chi connectivity index (χ0v) is 12.1. The van der Waals surface area contributed by atoms with Gasteiger partial charge < -0.3 is 10.2 Å². The maximum absolute atomic E-state index is 9.52. The van der Waals surface area contributed by atoms with Gasteiger partial charge in [-0.25, -0.2) is 0 Å². The van der Waals surface area contributed by atoms with Crippen molar-refractivity contribution < 1.29 is 10.2 Å². The van der Waals surface area contributed by atoms with Gasteiger partial charge in [0.25, 0.3) is 0 Å². The second-order valence-corrected chi connectivity index (χ2v) is 5.34. The van der Waals surface area contributed by atoms with Gasteiger partial charge in [0.1, 0.15) is 0 Å². The molecule has 0 bridgehead atoms. The van der Waals surface area contributed by atoms with Gasteiger partial charge >= 0.3 is 0 Å². The van der Waals surface area contributed by atoms with E-state index < -0.39 is 5.60 Å². The summed E-state index contributed by atoms with van der Waals surface area (Å²) in [5, 5.41) is 18.6. The highest BCUT2D eigenvalue weighted by atomic mass is 16.3. The molecule has 102 valence electrons. The lowest BCUT2D eigenvalue weighted by molar-refractivity contribution is 0.0166. The summed E-state index contributed by atoms with van der Waals surface area (Å²) in [6.45, 7) is 16.9. The fourth-order valence-corrected chi connectivity index (χ4v) is 0.971. The molecule has 2 N–H and O–H groups in total. The second kappa shape index (κ2) is 9.43. The molecule has 0 aromatic rings. The summed E-state index contributed by atoms with van der Waals surface area (Å²) in [6, 6.07) is 0. The van der Waals surface area contributed by atoms with E-state index in [0.717, 1.165) is 0 Å². The summed E-state index contributed by atoms with van der Waals surface area (Å²) in [5.41, 5.74) is -0.568. The third kappa shape index (κ3) is 10.3. The molecule has 0 radical (unpaired) electrons. The molecule has 0 amide bonds. The average molecular weight is 242 g/mol. The first-order valence-electron chi connectivity index (χ1n) is 6.31. The van der Waals surface area contributed by atoms with E-state index in [0.29, 0.717) is 24.7 Å². The van der Waals surface area contributed by atoms with Crippen molar-refractivity contribution in [2.24, 2.45) is 11.8 Å². The molecule has 0 aliphatic carbocycles. The molecule has 0 saturated carbocycles. The van der Waals surface area contributed by atoms with Gasteiger partial charge in [-0.15, -0.1) is 13.2 Å². The van der Waals surface area contributed by atoms with Gasteiger partial charge in [-0.2, -0.15) is 0 Å². The Morgan fingerprint density at radius 1 is 1.12 bits per heavy atom. The summed E-state index contributed by atoms with van der Waals surface area (Å²) in [7, 11) is 0. The van der Waals surface area contributed by atoms with Crippen LogP contribution in [0, 0.1) is 11.8 Å². The third-order valence-corrected chi connectivity index (χ3v) is 2.98. The molecule has 0 aliphatic heterocycles. The van der Waals surface area contributed by atoms with Crippen LogP contribution in [0.1, 0.15) is 47.5 Å². The Balaban J connectivity index is 0. The normalized spacial score (nSPS) is 15.8. The first-order chi connectivity index (χ1) is 7.68. The molecular formula is C15H30O2. The number of rotatable bonds is 6. The standard InChI is InChI=1S/C8H16O.C7H14O/c1-5-6-8(4,9)7(2)3;1-4-5-7(8)6(2)3/h5,7,9H,1,6H2,2-4H3;4,6-8H,1,5H2,2-3H3. The van der Waals surface area contributed by atoms with Crippen LogP contribution in [-0.2, 0) is 0 Å². The Kier molecular flexibility index (Phi) is 10.4. The molecular weight excluding hydrogens is 212 g/mol. The Morgan fingerprint density at radius 3 is 1.71 bits per heavy atom. The smallest absolute Gasteiger partial charge is 0.0676 e. The van der Waals surface area contributed by atoms with Crippen LogP contribution in [-0.4, -0.2) is 21.9 Å². The minimum atomic E-state index is -0.568. The van der Waals surface area contributed by atoms with Crippen LogP contribution in [0.4, 0.5) is 0 Å². The van der Waals surface area contributed by atoms with Crippen molar-refractivity contribution in [1.82, 2.24) is 0 Å². The first kappa shape index (κ1) is 18.8. The van der Waals surface area contributed by atoms with Crippen LogP contribution in [0.5, 0.6) is 0 Å². The zero-order valence-electron chi connectivity index (χ0n) is 12.1. The van der Waals surface area contributed by atoms with Crippen molar-refractivity contribution >= 4 is 0 Å². The fraction of sp³-hybridized carbons (Fsp3) is 0.733. The Morgan fingerprint density at radius 2 is 1.59 bits per heavy atom. The van der Waals surface area contributed by atoms with Gasteiger partial charge in [0.05, 0.1) is 11.7 Å². The predicted molar refractivity (Wildman–Crippen MR) is 75.9 cm³/mol. The van der Waals surface area contributed by atoms with Crippen LogP contribution in [0.3, 0.4) is 0 Å². The predicted octanol–water partition coefficient (Wildman–Crippen LogP) is 3.55. The zero-order chi connectivity index (χ0) is 14.1. The highest BCUT2D eigenvalue weighted by Crippen LogP contribution is 2.19. The van der Waals surface area contributed by atoms with Crippen molar-refractivity contribution in [2.75, 3.05) is 0 Å². The Bertz CT molecular complexity index is 205. The lowest BCUT2D eigenvalue weighted by Crippen LogP contribution is -2.29. The van der Waals surface area contributed by atoms with Gasteiger partial charge in [-0.1, -0.05) is 39.8 Å². The number of aliphatic hydroxyl groups excluding tert-OH is 1. The van der Waals surface area contributed by atoms with Gasteiger partial charge in [-0.3, -0.25) is 0 Å². The molecule has 2 unspecified atom stereocenters. The highest BCUT2D eigenvalue weighted by Gasteiger charge is 2.22. The van der Waals surface area contributed by atoms with Gasteiger partial charge in [0.2, 0.25) is 0 Å². The van der Waals surface area contributed by atoms with E-state index in [2.05, 4.69) is 13.2 Å². The SMILES string of the molecule is C=CCC(C)(O)C(C)C.C=CCC(O)C(C)C. The molecule has 2 heteroatoms. The fourth-order valence-electron chi connectivity index (χ4n) is 0.971. The van der Waals surface area contributed by atoms with Gasteiger partial charge in [0, 0.05) is 0 Å². The number of hydrogen-bond acceptors (Lipinski definition) is 2. The highest BCUT2D eigenvalue weighted by molar-refractivity contribution is 4.84. The van der Waals surface area contributed by atoms with Crippen molar-refractivity contribution in [1.29, 1.82) is 0 Å². The summed E-state index contributed by atoms with van der Waals surface area (Å²) >= 11 is 0. The summed E-state index contributed by atoms with van der Waals surface area (Å²) in [5.74, 6) is 0.656. The van der Waals surface area contributed by atoms with E-state index in [-0.39, 0.29) is 6.10 Å². The van der Waals surface area contributed by atoms with Crippen molar-refractivity contribution in [3.8, 4) is 0 Å². The monoisotopic (exact) mass is 242 g/mol. The van der Waals surface area contributed by atoms with Crippen LogP contribution >= 0.6 is 0 Å². The lowest BCUT2D eigenvalue weighted by Gasteiger charge is -2.25. The largest absolute Gasteiger partial charge is 0.393 e. The first-order valence-corrected chi connectivity index (χ1v) is 6.31. The molecule has 2 nitrogen and oxygen atoms in total. The third-order valence-electron chi connectivity index (χ3n) is 2.98. The Labute approximate surface area is 107 Å². The minimum absolute atomic E-state index is 0.201. The van der Waals surface area contributed by atoms with Gasteiger partial charge in [0.15, 0.2) is 0 Å². The van der Waals surface area contributed by atoms with Gasteiger partial charge in [-0.05, 0) is 31.6 Å². The van der Waals surface area contributed by atoms with E-state index in [1.165, 1.54) is 0 Å². The van der Waals surface area contributed by atoms with Crippen molar-refractivity contribution in [2.45, 2.75) is 59.2 Å². The molecule has 0 fully saturated rings. The molecule has 17 heavy (non-hydrogen) atoms. The van der Waals surface area contributed by atoms with Crippen LogP contribution in [0.25, 0.3) is 0 Å². The van der Waals surface area contributed by atoms with E-state index in [1.807, 2.05) is 34.6 Å². The van der Waals surface area contributed by atoms with E-state index in [1.54, 1.807) is 12.2 Å². The molecule has 0 spiro atoms. The quantitative estimate of drug-likeness (QED) is 0.699. The molecule has 0 rings (SSSR count). The van der Waals surface area contributed by atoms with E-state index >= 15 is 0 Å². The lowest BCUT2D eigenvalue weighted by atomic mass is 9.89. The Hall–Kier alpha value is -0.600. The average Bonchev–Trinajstić information content (AvgIpc) is 2.18. The maximum atomic E-state index is 9.52. The van der Waals surface area contributed by atoms with Crippen molar-refractivity contribution in [3.05, 3.63) is 25.3 Å². The number of aliphatic hydroxyl groups is 2. The van der Waals surface area contributed by atoms with Crippen LogP contribution in [0.15, 0.2) is 25.3 Å². The molecule has 0 saturated heterocycles. The van der Waals surface area contributed by atoms with Crippen LogP contribution < -0.4 is 0 Å². The maximum Gasteiger partial charge on any atom is 0.0676 e. The van der Waals surface area contributed by atoms with E-state index in [4.69, 9.17) is 5.11 Å². The van der Waals surface area contributed by atoms with Crippen LogP contribution in [0.2, 0.25) is 0 Å². The van der Waals surface area contributed by atoms with Crippen molar-refractivity contribution in [3.63, 3.8) is 0 Å². The molecule has 2 atom stereocenters. The second-order valence-electron chi connectivity index (χ2n) is 5.34. The topological polar surface area (TPSA) is 40.5 Å². The minimum Gasteiger partial charge on any atom is -0.393 e. The molecule has 0 aromatic carbocycles. The summed E-state index contributed by atoms with van der Waals surface area (Å²) in [6.07, 6.45) is 4.67. The summed E-state index contributed by atoms with van der Waals surface area (Å²) in [4.78, 5) is 0. The number of hydrogen-bond donors (Lipinski definition) is 2.